The smallest absolute Gasteiger partial charge is 0.338 e. The molecule has 1 aromatic heterocycles. The number of halogens is 4. The molecule has 1 N–H and O–H groups in total. The lowest BCUT2D eigenvalue weighted by Crippen LogP contribution is -2.33. The van der Waals surface area contributed by atoms with Crippen LogP contribution in [0.15, 0.2) is 48.2 Å². The Morgan fingerprint density at radius 2 is 1.85 bits per heavy atom. The summed E-state index contributed by atoms with van der Waals surface area (Å²) in [4.78, 5) is 28.8. The van der Waals surface area contributed by atoms with Crippen LogP contribution in [0.25, 0.3) is 11.0 Å². The molecule has 176 valence electrons. The van der Waals surface area contributed by atoms with Gasteiger partial charge < -0.3 is 9.80 Å². The Morgan fingerprint density at radius 3 is 2.62 bits per heavy atom. The minimum atomic E-state index is -4.65. The molecule has 1 fully saturated rings. The van der Waals surface area contributed by atoms with Gasteiger partial charge in [-0.3, -0.25) is 9.59 Å². The number of aryl methyl sites for hydroxylation is 1. The third-order valence-corrected chi connectivity index (χ3v) is 6.17. The summed E-state index contributed by atoms with van der Waals surface area (Å²) in [6.07, 6.45) is -2.91. The van der Waals surface area contributed by atoms with Crippen LogP contribution in [0.3, 0.4) is 0 Å². The van der Waals surface area contributed by atoms with Crippen LogP contribution in [0.4, 0.5) is 17.6 Å². The van der Waals surface area contributed by atoms with E-state index in [-0.39, 0.29) is 36.1 Å². The summed E-state index contributed by atoms with van der Waals surface area (Å²) < 4.78 is 52.3. The molecule has 2 aromatic carbocycles. The molecular formula is C23H19F4N5O2. The Bertz CT molecular complexity index is 1320. The van der Waals surface area contributed by atoms with Crippen molar-refractivity contribution in [1.82, 2.24) is 25.2 Å². The predicted molar refractivity (Wildman–Crippen MR) is 113 cm³/mol. The van der Waals surface area contributed by atoms with E-state index in [4.69, 9.17) is 0 Å². The van der Waals surface area contributed by atoms with E-state index in [0.717, 1.165) is 17.7 Å². The molecule has 1 atom stereocenters. The van der Waals surface area contributed by atoms with Gasteiger partial charge in [0.1, 0.15) is 16.9 Å². The summed E-state index contributed by atoms with van der Waals surface area (Å²) in [6.45, 7) is 1.22. The molecule has 3 heterocycles. The van der Waals surface area contributed by atoms with Crippen LogP contribution in [0.5, 0.6) is 0 Å². The second-order valence-electron chi connectivity index (χ2n) is 8.51. The van der Waals surface area contributed by atoms with Gasteiger partial charge in [-0.15, -0.1) is 0 Å². The van der Waals surface area contributed by atoms with Crippen LogP contribution in [-0.4, -0.2) is 56.7 Å². The fraction of sp³-hybridized carbons (Fsp3) is 0.304. The van der Waals surface area contributed by atoms with Crippen molar-refractivity contribution in [3.05, 3.63) is 70.7 Å². The number of aromatic nitrogens is 3. The summed E-state index contributed by atoms with van der Waals surface area (Å²) in [5, 5.41) is 10.5. The number of hydrogen-bond donors (Lipinski definition) is 1. The number of carbonyl (C=O) groups is 2. The molecule has 7 nitrogen and oxygen atoms in total. The number of H-pyrrole nitrogens is 1. The molecule has 5 rings (SSSR count). The summed E-state index contributed by atoms with van der Waals surface area (Å²) in [6, 6.07) is 7.40. The Morgan fingerprint density at radius 1 is 1.06 bits per heavy atom. The Labute approximate surface area is 191 Å². The van der Waals surface area contributed by atoms with E-state index < -0.39 is 17.6 Å². The van der Waals surface area contributed by atoms with E-state index in [1.807, 2.05) is 0 Å². The molecule has 0 bridgehead atoms. The molecule has 0 radical (unpaired) electrons. The highest BCUT2D eigenvalue weighted by Crippen LogP contribution is 2.32. The van der Waals surface area contributed by atoms with E-state index in [9.17, 15) is 27.2 Å². The highest BCUT2D eigenvalue weighted by molar-refractivity contribution is 5.98. The highest BCUT2D eigenvalue weighted by atomic mass is 19.4. The first-order valence-corrected chi connectivity index (χ1v) is 10.6. The molecule has 2 amide bonds. The molecule has 0 aliphatic carbocycles. The monoisotopic (exact) mass is 473 g/mol. The molecule has 0 saturated carbocycles. The zero-order valence-corrected chi connectivity index (χ0v) is 17.8. The molecule has 0 spiro atoms. The standard InChI is InChI=1S/C23H19F4N5O2/c24-18-6-13(5-17(8-18)23(25,26)27)1-4-21(33)31-9-15-11-32(12-16(15)10-31)22(34)14-2-3-19-20(7-14)29-30-28-19/h2-3,5-8,11,16H,1,4,9-10,12H2,(H,28,29,30)/t16-/m1/s1. The van der Waals surface area contributed by atoms with Gasteiger partial charge in [0, 0.05) is 43.7 Å². The molecule has 2 aliphatic heterocycles. The number of likely N-dealkylation sites (tertiary alicyclic amines) is 1. The van der Waals surface area contributed by atoms with E-state index in [2.05, 4.69) is 15.4 Å². The maximum atomic E-state index is 13.6. The van der Waals surface area contributed by atoms with Crippen molar-refractivity contribution in [1.29, 1.82) is 0 Å². The molecule has 2 aliphatic rings. The maximum Gasteiger partial charge on any atom is 0.416 e. The average Bonchev–Trinajstić information content (AvgIpc) is 3.50. The first kappa shape index (κ1) is 22.1. The Kier molecular flexibility index (Phi) is 5.34. The summed E-state index contributed by atoms with van der Waals surface area (Å²) in [5.74, 6) is -1.36. The third-order valence-electron chi connectivity index (χ3n) is 6.17. The van der Waals surface area contributed by atoms with Gasteiger partial charge in [0.25, 0.3) is 5.91 Å². The van der Waals surface area contributed by atoms with E-state index in [0.29, 0.717) is 42.3 Å². The first-order chi connectivity index (χ1) is 16.2. The number of nitrogens with one attached hydrogen (secondary N) is 1. The number of fused-ring (bicyclic) bond motifs is 2. The summed E-state index contributed by atoms with van der Waals surface area (Å²) >= 11 is 0. The lowest BCUT2D eigenvalue weighted by Gasteiger charge is -2.20. The fourth-order valence-corrected chi connectivity index (χ4v) is 4.45. The lowest BCUT2D eigenvalue weighted by molar-refractivity contribution is -0.137. The Hall–Kier alpha value is -3.76. The van der Waals surface area contributed by atoms with Crippen LogP contribution in [0.2, 0.25) is 0 Å². The number of amides is 2. The zero-order chi connectivity index (χ0) is 24.0. The maximum absolute atomic E-state index is 13.6. The van der Waals surface area contributed by atoms with E-state index >= 15 is 0 Å². The SMILES string of the molecule is O=C(c1ccc2n[nH]nc2c1)N1C=C2CN(C(=O)CCc3cc(F)cc(C(F)(F)F)c3)C[C@@H]2C1. The van der Waals surface area contributed by atoms with Gasteiger partial charge in [0.2, 0.25) is 5.91 Å². The summed E-state index contributed by atoms with van der Waals surface area (Å²) in [7, 11) is 0. The van der Waals surface area contributed by atoms with Crippen molar-refractivity contribution < 1.29 is 27.2 Å². The molecule has 11 heteroatoms. The van der Waals surface area contributed by atoms with Gasteiger partial charge in [0.05, 0.1) is 5.56 Å². The predicted octanol–water partition coefficient (Wildman–Crippen LogP) is 3.55. The largest absolute Gasteiger partial charge is 0.416 e. The molecule has 1 saturated heterocycles. The van der Waals surface area contributed by atoms with Crippen LogP contribution < -0.4 is 0 Å². The van der Waals surface area contributed by atoms with Crippen molar-refractivity contribution >= 4 is 22.8 Å². The van der Waals surface area contributed by atoms with Crippen LogP contribution in [0, 0.1) is 11.7 Å². The zero-order valence-electron chi connectivity index (χ0n) is 17.8. The number of hydrogen-bond acceptors (Lipinski definition) is 4. The van der Waals surface area contributed by atoms with Crippen molar-refractivity contribution in [2.75, 3.05) is 19.6 Å². The van der Waals surface area contributed by atoms with Crippen molar-refractivity contribution in [2.24, 2.45) is 5.92 Å². The second-order valence-corrected chi connectivity index (χ2v) is 8.51. The van der Waals surface area contributed by atoms with Gasteiger partial charge in [-0.2, -0.15) is 28.6 Å². The topological polar surface area (TPSA) is 82.2 Å². The second kappa shape index (κ2) is 8.23. The number of benzene rings is 2. The van der Waals surface area contributed by atoms with Crippen LogP contribution >= 0.6 is 0 Å². The third kappa shape index (κ3) is 4.25. The highest BCUT2D eigenvalue weighted by Gasteiger charge is 2.37. The lowest BCUT2D eigenvalue weighted by atomic mass is 10.1. The average molecular weight is 473 g/mol. The van der Waals surface area contributed by atoms with Gasteiger partial charge in [-0.25, -0.2) is 4.39 Å². The molecule has 0 unspecified atom stereocenters. The summed E-state index contributed by atoms with van der Waals surface area (Å²) in [5.41, 5.74) is 1.75. The van der Waals surface area contributed by atoms with Crippen LogP contribution in [-0.2, 0) is 17.4 Å². The van der Waals surface area contributed by atoms with Gasteiger partial charge >= 0.3 is 6.18 Å². The van der Waals surface area contributed by atoms with E-state index in [1.165, 1.54) is 0 Å². The van der Waals surface area contributed by atoms with Crippen LogP contribution in [0.1, 0.15) is 27.9 Å². The molecule has 3 aromatic rings. The van der Waals surface area contributed by atoms with Crippen molar-refractivity contribution in [3.63, 3.8) is 0 Å². The number of nitrogens with zero attached hydrogens (tertiary/aromatic N) is 4. The Balaban J connectivity index is 1.20. The fourth-order valence-electron chi connectivity index (χ4n) is 4.45. The van der Waals surface area contributed by atoms with Crippen molar-refractivity contribution in [2.45, 2.75) is 19.0 Å². The van der Waals surface area contributed by atoms with Gasteiger partial charge in [-0.1, -0.05) is 0 Å². The molecule has 34 heavy (non-hydrogen) atoms. The minimum Gasteiger partial charge on any atom is -0.338 e. The number of aromatic amines is 1. The normalized spacial score (nSPS) is 17.9. The molecular weight excluding hydrogens is 454 g/mol. The number of carbonyl (C=O) groups excluding carboxylic acids is 2. The minimum absolute atomic E-state index is 0.00895. The number of alkyl halides is 3. The first-order valence-electron chi connectivity index (χ1n) is 10.6. The number of rotatable bonds is 4. The van der Waals surface area contributed by atoms with Gasteiger partial charge in [0.15, 0.2) is 0 Å². The van der Waals surface area contributed by atoms with Crippen molar-refractivity contribution in [3.8, 4) is 0 Å². The quantitative estimate of drug-likeness (QED) is 0.588. The van der Waals surface area contributed by atoms with Gasteiger partial charge in [-0.05, 0) is 54.0 Å². The van der Waals surface area contributed by atoms with E-state index in [1.54, 1.807) is 34.2 Å².